The molecule has 1 amide bonds. The first-order chi connectivity index (χ1) is 12.7. The molecule has 26 heavy (non-hydrogen) atoms. The monoisotopic (exact) mass is 344 g/mol. The van der Waals surface area contributed by atoms with Crippen molar-refractivity contribution in [2.24, 2.45) is 0 Å². The van der Waals surface area contributed by atoms with Gasteiger partial charge in [0.25, 0.3) is 5.91 Å². The van der Waals surface area contributed by atoms with Crippen molar-refractivity contribution in [3.8, 4) is 5.75 Å². The Bertz CT molecular complexity index is 1020. The fraction of sp³-hybridized carbons (Fsp3) is 0.273. The fourth-order valence-electron chi connectivity index (χ4n) is 3.99. The minimum absolute atomic E-state index is 0.0547. The minimum atomic E-state index is -0.0632. The van der Waals surface area contributed by atoms with Crippen LogP contribution in [0.25, 0.3) is 10.9 Å². The van der Waals surface area contributed by atoms with E-state index < -0.39 is 0 Å². The lowest BCUT2D eigenvalue weighted by Crippen LogP contribution is -2.27. The summed E-state index contributed by atoms with van der Waals surface area (Å²) in [7, 11) is 0. The zero-order valence-corrected chi connectivity index (χ0v) is 14.4. The van der Waals surface area contributed by atoms with E-state index >= 15 is 0 Å². The largest absolute Gasteiger partial charge is 0.508 e. The van der Waals surface area contributed by atoms with E-state index in [1.807, 2.05) is 42.5 Å². The van der Waals surface area contributed by atoms with Crippen LogP contribution in [-0.2, 0) is 6.42 Å². The van der Waals surface area contributed by atoms with E-state index in [9.17, 15) is 9.90 Å². The van der Waals surface area contributed by atoms with E-state index in [2.05, 4.69) is 5.32 Å². The third-order valence-corrected chi connectivity index (χ3v) is 5.53. The first kappa shape index (κ1) is 15.4. The highest BCUT2D eigenvalue weighted by Gasteiger charge is 2.29. The lowest BCUT2D eigenvalue weighted by molar-refractivity contribution is 0.0938. The second kappa shape index (κ2) is 5.84. The Hall–Kier alpha value is -2.88. The van der Waals surface area contributed by atoms with Gasteiger partial charge in [-0.3, -0.25) is 9.78 Å². The van der Waals surface area contributed by atoms with Gasteiger partial charge in [0.05, 0.1) is 17.1 Å². The number of phenols is 1. The van der Waals surface area contributed by atoms with Crippen molar-refractivity contribution < 1.29 is 9.90 Å². The van der Waals surface area contributed by atoms with Gasteiger partial charge in [0, 0.05) is 17.0 Å². The summed E-state index contributed by atoms with van der Waals surface area (Å²) in [4.78, 5) is 17.8. The quantitative estimate of drug-likeness (QED) is 0.747. The molecule has 2 aliphatic rings. The molecule has 1 unspecified atom stereocenters. The van der Waals surface area contributed by atoms with Crippen LogP contribution in [0.4, 0.5) is 0 Å². The van der Waals surface area contributed by atoms with E-state index in [-0.39, 0.29) is 11.9 Å². The molecule has 0 saturated heterocycles. The van der Waals surface area contributed by atoms with Crippen molar-refractivity contribution in [1.82, 2.24) is 10.3 Å². The Morgan fingerprint density at radius 3 is 2.77 bits per heavy atom. The van der Waals surface area contributed by atoms with E-state index in [4.69, 9.17) is 4.98 Å². The molecular weight excluding hydrogens is 324 g/mol. The molecule has 130 valence electrons. The number of pyridine rings is 1. The number of phenolic OH excluding ortho intramolecular Hbond substituents is 1. The number of para-hydroxylation sites is 1. The average Bonchev–Trinajstić information content (AvgIpc) is 3.43. The van der Waals surface area contributed by atoms with Crippen LogP contribution in [0.2, 0.25) is 0 Å². The van der Waals surface area contributed by atoms with Gasteiger partial charge < -0.3 is 10.4 Å². The molecule has 1 aromatic heterocycles. The predicted molar refractivity (Wildman–Crippen MR) is 100 cm³/mol. The third-order valence-electron chi connectivity index (χ3n) is 5.53. The molecule has 4 heteroatoms. The van der Waals surface area contributed by atoms with Gasteiger partial charge in [0.1, 0.15) is 5.75 Å². The maximum atomic E-state index is 13.1. The third kappa shape index (κ3) is 2.53. The predicted octanol–water partition coefficient (Wildman–Crippen LogP) is 4.24. The van der Waals surface area contributed by atoms with Crippen molar-refractivity contribution in [3.63, 3.8) is 0 Å². The van der Waals surface area contributed by atoms with Crippen LogP contribution in [0.3, 0.4) is 0 Å². The fourth-order valence-corrected chi connectivity index (χ4v) is 3.99. The van der Waals surface area contributed by atoms with E-state index in [0.717, 1.165) is 53.4 Å². The Morgan fingerprint density at radius 2 is 1.92 bits per heavy atom. The van der Waals surface area contributed by atoms with Crippen molar-refractivity contribution in [3.05, 3.63) is 70.9 Å². The molecule has 2 aliphatic carbocycles. The normalized spacial score (nSPS) is 18.7. The Balaban J connectivity index is 1.51. The number of aromatic nitrogens is 1. The van der Waals surface area contributed by atoms with Crippen LogP contribution in [0.1, 0.15) is 58.4 Å². The molecule has 1 saturated carbocycles. The van der Waals surface area contributed by atoms with Gasteiger partial charge in [0.2, 0.25) is 0 Å². The summed E-state index contributed by atoms with van der Waals surface area (Å²) in [5.41, 5.74) is 4.59. The number of aromatic hydroxyl groups is 1. The molecular formula is C22H20N2O2. The minimum Gasteiger partial charge on any atom is -0.508 e. The molecule has 1 heterocycles. The topological polar surface area (TPSA) is 62.2 Å². The number of benzene rings is 2. The summed E-state index contributed by atoms with van der Waals surface area (Å²) in [5.74, 6) is 0.756. The summed E-state index contributed by atoms with van der Waals surface area (Å²) >= 11 is 0. The molecule has 1 fully saturated rings. The zero-order valence-electron chi connectivity index (χ0n) is 14.4. The number of amides is 1. The molecule has 2 N–H and O–H groups in total. The molecule has 0 spiro atoms. The van der Waals surface area contributed by atoms with E-state index in [1.54, 1.807) is 6.07 Å². The lowest BCUT2D eigenvalue weighted by atomic mass is 10.0. The van der Waals surface area contributed by atoms with Gasteiger partial charge in [-0.05, 0) is 55.0 Å². The van der Waals surface area contributed by atoms with Crippen molar-refractivity contribution in [2.45, 2.75) is 37.6 Å². The van der Waals surface area contributed by atoms with Crippen LogP contribution in [-0.4, -0.2) is 16.0 Å². The second-order valence-electron chi connectivity index (χ2n) is 7.30. The summed E-state index contributed by atoms with van der Waals surface area (Å²) < 4.78 is 0. The average molecular weight is 344 g/mol. The smallest absolute Gasteiger partial charge is 0.252 e. The number of nitrogens with one attached hydrogen (secondary N) is 1. The number of carbonyl (C=O) groups excluding carboxylic acids is 1. The van der Waals surface area contributed by atoms with Crippen LogP contribution in [0.5, 0.6) is 5.75 Å². The Labute approximate surface area is 151 Å². The van der Waals surface area contributed by atoms with E-state index in [1.165, 1.54) is 0 Å². The van der Waals surface area contributed by atoms with Gasteiger partial charge in [-0.2, -0.15) is 0 Å². The highest BCUT2D eigenvalue weighted by Crippen LogP contribution is 2.40. The maximum absolute atomic E-state index is 13.1. The molecule has 0 radical (unpaired) electrons. The van der Waals surface area contributed by atoms with Crippen molar-refractivity contribution in [2.75, 3.05) is 0 Å². The SMILES string of the molecule is O=C(NC1CCc2c(O)cccc21)c1cc(C2CC2)nc2ccccc12. The number of hydrogen-bond donors (Lipinski definition) is 2. The molecule has 3 aromatic rings. The van der Waals surface area contributed by atoms with Gasteiger partial charge in [-0.25, -0.2) is 0 Å². The molecule has 2 aromatic carbocycles. The van der Waals surface area contributed by atoms with Gasteiger partial charge >= 0.3 is 0 Å². The molecule has 0 aliphatic heterocycles. The zero-order chi connectivity index (χ0) is 17.7. The van der Waals surface area contributed by atoms with Gasteiger partial charge in [0.15, 0.2) is 0 Å². The number of fused-ring (bicyclic) bond motifs is 2. The standard InChI is InChI=1S/C22H20N2O2/c25-21-7-3-5-14-16(21)10-11-19(14)24-22(26)17-12-20(13-8-9-13)23-18-6-2-1-4-15(17)18/h1-7,12-13,19,25H,8-11H2,(H,24,26). The van der Waals surface area contributed by atoms with E-state index in [0.29, 0.717) is 17.2 Å². The van der Waals surface area contributed by atoms with Crippen LogP contribution >= 0.6 is 0 Å². The molecule has 5 rings (SSSR count). The Kier molecular flexibility index (Phi) is 3.45. The molecule has 1 atom stereocenters. The second-order valence-corrected chi connectivity index (χ2v) is 7.30. The Morgan fingerprint density at radius 1 is 1.08 bits per heavy atom. The number of hydrogen-bond acceptors (Lipinski definition) is 3. The summed E-state index contributed by atoms with van der Waals surface area (Å²) in [6, 6.07) is 15.3. The lowest BCUT2D eigenvalue weighted by Gasteiger charge is -2.16. The maximum Gasteiger partial charge on any atom is 0.252 e. The number of rotatable bonds is 3. The molecule has 4 nitrogen and oxygen atoms in total. The summed E-state index contributed by atoms with van der Waals surface area (Å²) in [5, 5.41) is 14.1. The summed E-state index contributed by atoms with van der Waals surface area (Å²) in [6.45, 7) is 0. The molecule has 0 bridgehead atoms. The first-order valence-electron chi connectivity index (χ1n) is 9.22. The van der Waals surface area contributed by atoms with Crippen LogP contribution in [0.15, 0.2) is 48.5 Å². The highest BCUT2D eigenvalue weighted by molar-refractivity contribution is 6.06. The summed E-state index contributed by atoms with van der Waals surface area (Å²) in [6.07, 6.45) is 3.91. The highest BCUT2D eigenvalue weighted by atomic mass is 16.3. The first-order valence-corrected chi connectivity index (χ1v) is 9.22. The van der Waals surface area contributed by atoms with Gasteiger partial charge in [-0.1, -0.05) is 30.3 Å². The van der Waals surface area contributed by atoms with Crippen molar-refractivity contribution in [1.29, 1.82) is 0 Å². The van der Waals surface area contributed by atoms with Crippen LogP contribution < -0.4 is 5.32 Å². The van der Waals surface area contributed by atoms with Crippen molar-refractivity contribution >= 4 is 16.8 Å². The van der Waals surface area contributed by atoms with Crippen LogP contribution in [0, 0.1) is 0 Å². The number of nitrogens with zero attached hydrogens (tertiary/aromatic N) is 1. The number of carbonyl (C=O) groups is 1. The van der Waals surface area contributed by atoms with Gasteiger partial charge in [-0.15, -0.1) is 0 Å².